The summed E-state index contributed by atoms with van der Waals surface area (Å²) in [5, 5.41) is 2.68. The zero-order valence-electron chi connectivity index (χ0n) is 16.5. The Morgan fingerprint density at radius 3 is 2.83 bits per heavy atom. The van der Waals surface area contributed by atoms with Crippen LogP contribution in [0.25, 0.3) is 0 Å². The number of urea groups is 1. The summed E-state index contributed by atoms with van der Waals surface area (Å²) in [4.78, 5) is 33.8. The van der Waals surface area contributed by atoms with Gasteiger partial charge in [-0.05, 0) is 18.4 Å². The van der Waals surface area contributed by atoms with Crippen LogP contribution in [0.15, 0.2) is 24.5 Å². The van der Waals surface area contributed by atoms with Gasteiger partial charge in [0.1, 0.15) is 12.1 Å². The fourth-order valence-corrected chi connectivity index (χ4v) is 3.60. The zero-order chi connectivity index (χ0) is 21.1. The first-order chi connectivity index (χ1) is 13.8. The molecule has 156 valence electrons. The molecular weight excluding hydrogens is 382 g/mol. The van der Waals surface area contributed by atoms with Gasteiger partial charge in [-0.25, -0.2) is 23.4 Å². The molecule has 7 nitrogen and oxygen atoms in total. The Labute approximate surface area is 167 Å². The number of hydrogen-bond donors (Lipinski definition) is 2. The van der Waals surface area contributed by atoms with Gasteiger partial charge >= 0.3 is 12.0 Å². The molecule has 2 aromatic rings. The van der Waals surface area contributed by atoms with E-state index < -0.39 is 35.7 Å². The van der Waals surface area contributed by atoms with E-state index in [1.54, 1.807) is 0 Å². The molecule has 29 heavy (non-hydrogen) atoms. The van der Waals surface area contributed by atoms with Crippen molar-refractivity contribution in [3.8, 4) is 0 Å². The van der Waals surface area contributed by atoms with Crippen LogP contribution in [0.2, 0.25) is 0 Å². The lowest BCUT2D eigenvalue weighted by molar-refractivity contribution is -0.143. The summed E-state index contributed by atoms with van der Waals surface area (Å²) in [5.41, 5.74) is 1.22. The summed E-state index contributed by atoms with van der Waals surface area (Å²) in [5.74, 6) is -2.45. The van der Waals surface area contributed by atoms with E-state index in [1.165, 1.54) is 30.5 Å². The van der Waals surface area contributed by atoms with Crippen molar-refractivity contribution in [3.63, 3.8) is 0 Å². The summed E-state index contributed by atoms with van der Waals surface area (Å²) in [7, 11) is 1.25. The number of carbonyl (C=O) groups excluding carboxylic acids is 2. The Kier molecular flexibility index (Phi) is 6.14. The number of fused-ring (bicyclic) bond motifs is 1. The number of nitrogens with zero attached hydrogens (tertiary/aromatic N) is 2. The minimum absolute atomic E-state index is 0.00618. The molecule has 2 atom stereocenters. The number of methoxy groups -OCH3 is 1. The quantitative estimate of drug-likeness (QED) is 0.748. The predicted molar refractivity (Wildman–Crippen MR) is 101 cm³/mol. The Morgan fingerprint density at radius 2 is 2.14 bits per heavy atom. The first-order valence-corrected chi connectivity index (χ1v) is 9.44. The minimum Gasteiger partial charge on any atom is -0.467 e. The van der Waals surface area contributed by atoms with E-state index in [0.29, 0.717) is 18.5 Å². The van der Waals surface area contributed by atoms with Crippen molar-refractivity contribution in [1.82, 2.24) is 20.2 Å². The van der Waals surface area contributed by atoms with Crippen molar-refractivity contribution in [2.45, 2.75) is 38.8 Å². The maximum Gasteiger partial charge on any atom is 0.328 e. The van der Waals surface area contributed by atoms with Gasteiger partial charge in [-0.1, -0.05) is 26.0 Å². The third kappa shape index (κ3) is 4.23. The standard InChI is InChI=1S/C20H24F2N4O3/c1-11(2)9-15(19(27)29-3)25-20(28)26-8-7-14-17(24-10-23-14)18(26)12-5-4-6-13(21)16(12)22/h4-6,10-11,15,18H,7-9H2,1-3H3,(H,23,24)(H,25,28). The van der Waals surface area contributed by atoms with Gasteiger partial charge in [0, 0.05) is 24.2 Å². The first-order valence-electron chi connectivity index (χ1n) is 9.44. The molecule has 1 aromatic carbocycles. The largest absolute Gasteiger partial charge is 0.467 e. The van der Waals surface area contributed by atoms with Crippen molar-refractivity contribution < 1.29 is 23.1 Å². The smallest absolute Gasteiger partial charge is 0.328 e. The van der Waals surface area contributed by atoms with E-state index >= 15 is 0 Å². The fraction of sp³-hybridized carbons (Fsp3) is 0.450. The van der Waals surface area contributed by atoms with Gasteiger partial charge in [-0.2, -0.15) is 0 Å². The molecule has 0 radical (unpaired) electrons. The number of nitrogens with one attached hydrogen (secondary N) is 2. The van der Waals surface area contributed by atoms with Crippen LogP contribution >= 0.6 is 0 Å². The van der Waals surface area contributed by atoms with E-state index in [-0.39, 0.29) is 18.0 Å². The number of hydrogen-bond acceptors (Lipinski definition) is 4. The number of rotatable bonds is 5. The zero-order valence-corrected chi connectivity index (χ0v) is 16.5. The summed E-state index contributed by atoms with van der Waals surface area (Å²) in [6.07, 6.45) is 2.33. The third-order valence-electron chi connectivity index (χ3n) is 4.95. The molecule has 2 unspecified atom stereocenters. The van der Waals surface area contributed by atoms with Crippen LogP contribution in [0, 0.1) is 17.6 Å². The lowest BCUT2D eigenvalue weighted by Crippen LogP contribution is -2.51. The second-order valence-electron chi connectivity index (χ2n) is 7.41. The lowest BCUT2D eigenvalue weighted by Gasteiger charge is -2.36. The van der Waals surface area contributed by atoms with Crippen molar-refractivity contribution >= 4 is 12.0 Å². The molecule has 0 saturated carbocycles. The van der Waals surface area contributed by atoms with Gasteiger partial charge in [-0.15, -0.1) is 0 Å². The topological polar surface area (TPSA) is 87.3 Å². The van der Waals surface area contributed by atoms with Crippen LogP contribution in [0.1, 0.15) is 43.3 Å². The molecule has 1 aromatic heterocycles. The summed E-state index contributed by atoms with van der Waals surface area (Å²) in [6.45, 7) is 4.09. The molecule has 2 N–H and O–H groups in total. The van der Waals surface area contributed by atoms with E-state index in [9.17, 15) is 18.4 Å². The minimum atomic E-state index is -1.03. The predicted octanol–water partition coefficient (Wildman–Crippen LogP) is 2.93. The second-order valence-corrected chi connectivity index (χ2v) is 7.41. The highest BCUT2D eigenvalue weighted by Gasteiger charge is 2.37. The molecule has 0 fully saturated rings. The number of halogens is 2. The van der Waals surface area contributed by atoms with Gasteiger partial charge in [0.15, 0.2) is 11.6 Å². The number of carbonyl (C=O) groups is 2. The molecule has 2 amide bonds. The number of esters is 1. The molecule has 0 saturated heterocycles. The van der Waals surface area contributed by atoms with Crippen molar-refractivity contribution in [2.75, 3.05) is 13.7 Å². The van der Waals surface area contributed by atoms with Gasteiger partial charge in [0.05, 0.1) is 19.1 Å². The third-order valence-corrected chi connectivity index (χ3v) is 4.95. The van der Waals surface area contributed by atoms with Crippen LogP contribution in [-0.2, 0) is 16.0 Å². The van der Waals surface area contributed by atoms with Crippen LogP contribution in [0.4, 0.5) is 13.6 Å². The van der Waals surface area contributed by atoms with Crippen LogP contribution in [-0.4, -0.2) is 46.6 Å². The highest BCUT2D eigenvalue weighted by molar-refractivity contribution is 5.84. The Morgan fingerprint density at radius 1 is 1.38 bits per heavy atom. The maximum absolute atomic E-state index is 14.6. The fourth-order valence-electron chi connectivity index (χ4n) is 3.60. The van der Waals surface area contributed by atoms with E-state index in [1.807, 2.05) is 13.8 Å². The van der Waals surface area contributed by atoms with Crippen molar-refractivity contribution in [3.05, 3.63) is 53.1 Å². The molecule has 0 aliphatic carbocycles. The number of benzene rings is 1. The van der Waals surface area contributed by atoms with Gasteiger partial charge in [0.2, 0.25) is 0 Å². The molecule has 2 heterocycles. The average molecular weight is 406 g/mol. The number of amides is 2. The number of aromatic amines is 1. The van der Waals surface area contributed by atoms with Gasteiger partial charge in [0.25, 0.3) is 0 Å². The molecular formula is C20H24F2N4O3. The lowest BCUT2D eigenvalue weighted by atomic mass is 9.95. The average Bonchev–Trinajstić information content (AvgIpc) is 3.16. The van der Waals surface area contributed by atoms with Crippen LogP contribution < -0.4 is 5.32 Å². The summed E-state index contributed by atoms with van der Waals surface area (Å²) >= 11 is 0. The monoisotopic (exact) mass is 406 g/mol. The Bertz CT molecular complexity index is 900. The first kappa shape index (κ1) is 20.8. The Balaban J connectivity index is 1.95. The number of H-pyrrole nitrogens is 1. The number of aromatic nitrogens is 2. The molecule has 0 spiro atoms. The number of ether oxygens (including phenoxy) is 1. The second kappa shape index (κ2) is 8.59. The van der Waals surface area contributed by atoms with Gasteiger partial charge in [-0.3, -0.25) is 0 Å². The number of imidazole rings is 1. The van der Waals surface area contributed by atoms with E-state index in [4.69, 9.17) is 4.74 Å². The Hall–Kier alpha value is -2.97. The highest BCUT2D eigenvalue weighted by Crippen LogP contribution is 2.35. The SMILES string of the molecule is COC(=O)C(CC(C)C)NC(=O)N1CCc2[nH]cnc2C1c1cccc(F)c1F. The molecule has 9 heteroatoms. The van der Waals surface area contributed by atoms with E-state index in [2.05, 4.69) is 15.3 Å². The normalized spacial score (nSPS) is 17.0. The summed E-state index contributed by atoms with van der Waals surface area (Å²) in [6, 6.07) is 1.51. The summed E-state index contributed by atoms with van der Waals surface area (Å²) < 4.78 is 33.3. The molecule has 0 bridgehead atoms. The van der Waals surface area contributed by atoms with Crippen molar-refractivity contribution in [2.24, 2.45) is 5.92 Å². The van der Waals surface area contributed by atoms with Crippen LogP contribution in [0.5, 0.6) is 0 Å². The molecule has 1 aliphatic rings. The van der Waals surface area contributed by atoms with Crippen molar-refractivity contribution in [1.29, 1.82) is 0 Å². The van der Waals surface area contributed by atoms with Gasteiger partial charge < -0.3 is 19.9 Å². The van der Waals surface area contributed by atoms with Crippen LogP contribution in [0.3, 0.4) is 0 Å². The molecule has 1 aliphatic heterocycles. The highest BCUT2D eigenvalue weighted by atomic mass is 19.2. The maximum atomic E-state index is 14.6. The molecule has 3 rings (SSSR count). The van der Waals surface area contributed by atoms with E-state index in [0.717, 1.165) is 11.8 Å².